The first-order valence-electron chi connectivity index (χ1n) is 6.39. The molecule has 0 fully saturated rings. The summed E-state index contributed by atoms with van der Waals surface area (Å²) in [5, 5.41) is 3.54. The molecular weight excluding hydrogens is 196 g/mol. The predicted octanol–water partition coefficient (Wildman–Crippen LogP) is 3.42. The minimum atomic E-state index is 0.529. The lowest BCUT2D eigenvalue weighted by Gasteiger charge is -2.17. The average Bonchev–Trinajstić information content (AvgIpc) is 2.63. The van der Waals surface area contributed by atoms with E-state index in [1.807, 2.05) is 6.20 Å². The molecule has 2 heteroatoms. The fourth-order valence-electron chi connectivity index (χ4n) is 2.56. The molecule has 2 rings (SSSR count). The highest BCUT2D eigenvalue weighted by molar-refractivity contribution is 5.46. The quantitative estimate of drug-likeness (QED) is 0.837. The van der Waals surface area contributed by atoms with Crippen LogP contribution in [0.15, 0.2) is 12.3 Å². The van der Waals surface area contributed by atoms with Gasteiger partial charge in [-0.2, -0.15) is 0 Å². The van der Waals surface area contributed by atoms with E-state index < -0.39 is 0 Å². The lowest BCUT2D eigenvalue weighted by Crippen LogP contribution is -2.17. The molecule has 0 saturated carbocycles. The molecule has 0 amide bonds. The van der Waals surface area contributed by atoms with Gasteiger partial charge in [0.05, 0.1) is 11.9 Å². The Balaban J connectivity index is 1.99. The maximum Gasteiger partial charge on any atom is 0.0531 e. The molecular formula is C14H22N2. The molecule has 1 aliphatic rings. The van der Waals surface area contributed by atoms with Crippen LogP contribution >= 0.6 is 0 Å². The van der Waals surface area contributed by atoms with Crippen molar-refractivity contribution in [1.29, 1.82) is 0 Å². The van der Waals surface area contributed by atoms with Crippen LogP contribution in [0.2, 0.25) is 0 Å². The first-order valence-corrected chi connectivity index (χ1v) is 6.39. The first-order chi connectivity index (χ1) is 7.65. The van der Waals surface area contributed by atoms with E-state index in [0.29, 0.717) is 6.04 Å². The number of anilines is 1. The van der Waals surface area contributed by atoms with E-state index in [-0.39, 0.29) is 0 Å². The highest BCUT2D eigenvalue weighted by Gasteiger charge is 2.13. The van der Waals surface area contributed by atoms with Gasteiger partial charge in [-0.15, -0.1) is 0 Å². The molecule has 1 atom stereocenters. The number of hydrogen-bond acceptors (Lipinski definition) is 2. The Morgan fingerprint density at radius 1 is 1.31 bits per heavy atom. The zero-order chi connectivity index (χ0) is 11.5. The molecule has 0 radical (unpaired) electrons. The summed E-state index contributed by atoms with van der Waals surface area (Å²) >= 11 is 0. The van der Waals surface area contributed by atoms with Gasteiger partial charge in [0, 0.05) is 11.7 Å². The van der Waals surface area contributed by atoms with Crippen LogP contribution in [0.25, 0.3) is 0 Å². The zero-order valence-corrected chi connectivity index (χ0v) is 10.6. The third-order valence-corrected chi connectivity index (χ3v) is 3.16. The summed E-state index contributed by atoms with van der Waals surface area (Å²) in [6.45, 7) is 6.77. The first kappa shape index (κ1) is 11.4. The average molecular weight is 218 g/mol. The lowest BCUT2D eigenvalue weighted by atomic mass is 10.1. The Morgan fingerprint density at radius 3 is 2.88 bits per heavy atom. The minimum Gasteiger partial charge on any atom is -0.381 e. The van der Waals surface area contributed by atoms with Crippen molar-refractivity contribution in [3.8, 4) is 0 Å². The van der Waals surface area contributed by atoms with Crippen molar-refractivity contribution in [2.75, 3.05) is 5.32 Å². The van der Waals surface area contributed by atoms with E-state index in [1.54, 1.807) is 0 Å². The van der Waals surface area contributed by atoms with Gasteiger partial charge in [0.25, 0.3) is 0 Å². The van der Waals surface area contributed by atoms with Crippen LogP contribution in [-0.2, 0) is 12.8 Å². The fraction of sp³-hybridized carbons (Fsp3) is 0.643. The number of nitrogens with zero attached hydrogens (tertiary/aromatic N) is 1. The van der Waals surface area contributed by atoms with Crippen LogP contribution in [0.5, 0.6) is 0 Å². The molecule has 1 heterocycles. The Morgan fingerprint density at radius 2 is 2.12 bits per heavy atom. The Hall–Kier alpha value is -1.05. The van der Waals surface area contributed by atoms with Gasteiger partial charge < -0.3 is 5.32 Å². The molecule has 16 heavy (non-hydrogen) atoms. The van der Waals surface area contributed by atoms with E-state index in [0.717, 1.165) is 12.3 Å². The van der Waals surface area contributed by atoms with Crippen molar-refractivity contribution in [3.63, 3.8) is 0 Å². The van der Waals surface area contributed by atoms with Gasteiger partial charge in [0.1, 0.15) is 0 Å². The van der Waals surface area contributed by atoms with Gasteiger partial charge in [-0.05, 0) is 50.2 Å². The second-order valence-electron chi connectivity index (χ2n) is 5.36. The SMILES string of the molecule is CC(C)CC(C)Nc1cnc2c(c1)CCC2. The number of pyridine rings is 1. The molecule has 1 N–H and O–H groups in total. The zero-order valence-electron chi connectivity index (χ0n) is 10.6. The van der Waals surface area contributed by atoms with Crippen molar-refractivity contribution in [3.05, 3.63) is 23.5 Å². The van der Waals surface area contributed by atoms with Crippen LogP contribution in [-0.4, -0.2) is 11.0 Å². The van der Waals surface area contributed by atoms with E-state index in [4.69, 9.17) is 0 Å². The number of hydrogen-bond donors (Lipinski definition) is 1. The summed E-state index contributed by atoms with van der Waals surface area (Å²) in [7, 11) is 0. The normalized spacial score (nSPS) is 16.2. The summed E-state index contributed by atoms with van der Waals surface area (Å²) in [5.74, 6) is 0.741. The van der Waals surface area contributed by atoms with Crippen molar-refractivity contribution in [2.24, 2.45) is 5.92 Å². The summed E-state index contributed by atoms with van der Waals surface area (Å²) in [6.07, 6.45) is 6.83. The number of rotatable bonds is 4. The van der Waals surface area contributed by atoms with Gasteiger partial charge in [-0.3, -0.25) is 4.98 Å². The van der Waals surface area contributed by atoms with Crippen molar-refractivity contribution in [2.45, 2.75) is 52.5 Å². The summed E-state index contributed by atoms with van der Waals surface area (Å²) in [5.41, 5.74) is 3.94. The molecule has 0 aromatic carbocycles. The predicted molar refractivity (Wildman–Crippen MR) is 68.8 cm³/mol. The van der Waals surface area contributed by atoms with Gasteiger partial charge in [-0.1, -0.05) is 13.8 Å². The van der Waals surface area contributed by atoms with Gasteiger partial charge in [-0.25, -0.2) is 0 Å². The monoisotopic (exact) mass is 218 g/mol. The van der Waals surface area contributed by atoms with Gasteiger partial charge in [0.15, 0.2) is 0 Å². The molecule has 2 nitrogen and oxygen atoms in total. The van der Waals surface area contributed by atoms with Gasteiger partial charge >= 0.3 is 0 Å². The molecule has 0 bridgehead atoms. The molecule has 0 spiro atoms. The van der Waals surface area contributed by atoms with Crippen LogP contribution < -0.4 is 5.32 Å². The van der Waals surface area contributed by atoms with Crippen LogP contribution in [0.4, 0.5) is 5.69 Å². The van der Waals surface area contributed by atoms with E-state index in [9.17, 15) is 0 Å². The molecule has 1 aromatic rings. The molecule has 88 valence electrons. The molecule has 1 aliphatic carbocycles. The fourth-order valence-corrected chi connectivity index (χ4v) is 2.56. The lowest BCUT2D eigenvalue weighted by molar-refractivity contribution is 0.539. The largest absolute Gasteiger partial charge is 0.381 e. The van der Waals surface area contributed by atoms with Crippen molar-refractivity contribution in [1.82, 2.24) is 4.98 Å². The van der Waals surface area contributed by atoms with Gasteiger partial charge in [0.2, 0.25) is 0 Å². The van der Waals surface area contributed by atoms with Crippen molar-refractivity contribution >= 4 is 5.69 Å². The van der Waals surface area contributed by atoms with Crippen molar-refractivity contribution < 1.29 is 0 Å². The number of aromatic nitrogens is 1. The highest BCUT2D eigenvalue weighted by atomic mass is 14.9. The molecule has 1 unspecified atom stereocenters. The number of nitrogens with one attached hydrogen (secondary N) is 1. The summed E-state index contributed by atoms with van der Waals surface area (Å²) < 4.78 is 0. The Labute approximate surface area is 98.5 Å². The topological polar surface area (TPSA) is 24.9 Å². The molecule has 0 aliphatic heterocycles. The maximum absolute atomic E-state index is 4.53. The molecule has 0 saturated heterocycles. The standard InChI is InChI=1S/C14H22N2/c1-10(2)7-11(3)16-13-8-12-5-4-6-14(12)15-9-13/h8-11,16H,4-7H2,1-3H3. The number of fused-ring (bicyclic) bond motifs is 1. The maximum atomic E-state index is 4.53. The van der Waals surface area contributed by atoms with Crippen LogP contribution in [0.1, 0.15) is 44.9 Å². The second kappa shape index (κ2) is 4.86. The Bertz CT molecular complexity index is 358. The smallest absolute Gasteiger partial charge is 0.0531 e. The van der Waals surface area contributed by atoms with E-state index in [1.165, 1.54) is 36.2 Å². The summed E-state index contributed by atoms with van der Waals surface area (Å²) in [6, 6.07) is 2.81. The van der Waals surface area contributed by atoms with E-state index >= 15 is 0 Å². The molecule has 1 aromatic heterocycles. The van der Waals surface area contributed by atoms with Crippen LogP contribution in [0, 0.1) is 5.92 Å². The highest BCUT2D eigenvalue weighted by Crippen LogP contribution is 2.23. The number of aryl methyl sites for hydroxylation is 2. The Kier molecular flexibility index (Phi) is 3.47. The van der Waals surface area contributed by atoms with E-state index in [2.05, 4.69) is 37.1 Å². The van der Waals surface area contributed by atoms with Crippen LogP contribution in [0.3, 0.4) is 0 Å². The third-order valence-electron chi connectivity index (χ3n) is 3.16. The summed E-state index contributed by atoms with van der Waals surface area (Å²) in [4.78, 5) is 4.53. The third kappa shape index (κ3) is 2.75. The minimum absolute atomic E-state index is 0.529. The second-order valence-corrected chi connectivity index (χ2v) is 5.36.